The van der Waals surface area contributed by atoms with Crippen molar-refractivity contribution in [3.63, 3.8) is 0 Å². The van der Waals surface area contributed by atoms with Crippen molar-refractivity contribution in [2.45, 2.75) is 13.5 Å². The van der Waals surface area contributed by atoms with Crippen LogP contribution in [0.15, 0.2) is 39.7 Å². The standard InChI is InChI=1S/C15H12BrClN2O3/c1-9-11-6-10(17)7-12(16)14(11)22-13(9)15(20)21-5-4-19-3-2-18-8-19/h2-3,6-8H,4-5H2,1H3. The second-order valence-electron chi connectivity index (χ2n) is 4.76. The summed E-state index contributed by atoms with van der Waals surface area (Å²) in [6, 6.07) is 3.49. The van der Waals surface area contributed by atoms with Gasteiger partial charge in [-0.1, -0.05) is 11.6 Å². The van der Waals surface area contributed by atoms with Crippen LogP contribution >= 0.6 is 27.5 Å². The molecule has 0 saturated heterocycles. The maximum Gasteiger partial charge on any atom is 0.374 e. The number of aromatic nitrogens is 2. The molecule has 0 fully saturated rings. The molecule has 0 amide bonds. The number of carbonyl (C=O) groups excluding carboxylic acids is 1. The summed E-state index contributed by atoms with van der Waals surface area (Å²) < 4.78 is 13.4. The lowest BCUT2D eigenvalue weighted by atomic mass is 10.1. The highest BCUT2D eigenvalue weighted by Crippen LogP contribution is 2.34. The average Bonchev–Trinajstić information content (AvgIpc) is 3.08. The largest absolute Gasteiger partial charge is 0.458 e. The van der Waals surface area contributed by atoms with Gasteiger partial charge in [-0.25, -0.2) is 9.78 Å². The topological polar surface area (TPSA) is 57.3 Å². The number of imidazole rings is 1. The van der Waals surface area contributed by atoms with Crippen LogP contribution in [-0.2, 0) is 11.3 Å². The molecule has 1 aromatic carbocycles. The van der Waals surface area contributed by atoms with Gasteiger partial charge < -0.3 is 13.7 Å². The zero-order valence-electron chi connectivity index (χ0n) is 11.7. The number of fused-ring (bicyclic) bond motifs is 1. The maximum atomic E-state index is 12.2. The Morgan fingerprint density at radius 2 is 2.32 bits per heavy atom. The summed E-state index contributed by atoms with van der Waals surface area (Å²) in [5, 5.41) is 1.37. The van der Waals surface area contributed by atoms with E-state index in [1.165, 1.54) is 0 Å². The van der Waals surface area contributed by atoms with E-state index in [0.717, 1.165) is 5.39 Å². The monoisotopic (exact) mass is 382 g/mol. The van der Waals surface area contributed by atoms with Crippen molar-refractivity contribution >= 4 is 44.5 Å². The number of nitrogens with zero attached hydrogens (tertiary/aromatic N) is 2. The van der Waals surface area contributed by atoms with Crippen LogP contribution in [0.25, 0.3) is 11.0 Å². The van der Waals surface area contributed by atoms with Gasteiger partial charge >= 0.3 is 5.97 Å². The predicted octanol–water partition coefficient (Wildman–Crippen LogP) is 4.21. The summed E-state index contributed by atoms with van der Waals surface area (Å²) in [5.74, 6) is -0.291. The average molecular weight is 384 g/mol. The second-order valence-corrected chi connectivity index (χ2v) is 6.05. The second kappa shape index (κ2) is 6.14. The summed E-state index contributed by atoms with van der Waals surface area (Å²) >= 11 is 9.41. The normalized spacial score (nSPS) is 11.0. The molecule has 5 nitrogen and oxygen atoms in total. The molecule has 0 aliphatic rings. The molecule has 3 rings (SSSR count). The van der Waals surface area contributed by atoms with Gasteiger partial charge in [0.25, 0.3) is 0 Å². The Kier molecular flexibility index (Phi) is 4.22. The Morgan fingerprint density at radius 3 is 3.05 bits per heavy atom. The molecule has 0 saturated carbocycles. The summed E-state index contributed by atoms with van der Waals surface area (Å²) in [6.45, 7) is 2.59. The van der Waals surface area contributed by atoms with Gasteiger partial charge in [-0.15, -0.1) is 0 Å². The first-order valence-corrected chi connectivity index (χ1v) is 7.74. The van der Waals surface area contributed by atoms with Crippen molar-refractivity contribution in [2.24, 2.45) is 0 Å². The number of rotatable bonds is 4. The fraction of sp³-hybridized carbons (Fsp3) is 0.200. The smallest absolute Gasteiger partial charge is 0.374 e. The van der Waals surface area contributed by atoms with E-state index in [1.54, 1.807) is 37.8 Å². The molecule has 0 radical (unpaired) electrons. The predicted molar refractivity (Wildman–Crippen MR) is 86.2 cm³/mol. The number of furan rings is 1. The van der Waals surface area contributed by atoms with E-state index in [0.29, 0.717) is 27.2 Å². The third-order valence-electron chi connectivity index (χ3n) is 3.28. The Balaban J connectivity index is 1.79. The van der Waals surface area contributed by atoms with E-state index in [4.69, 9.17) is 20.8 Å². The molecule has 22 heavy (non-hydrogen) atoms. The number of hydrogen-bond acceptors (Lipinski definition) is 4. The molecule has 0 unspecified atom stereocenters. The van der Waals surface area contributed by atoms with Gasteiger partial charge in [-0.2, -0.15) is 0 Å². The summed E-state index contributed by atoms with van der Waals surface area (Å²) in [4.78, 5) is 16.1. The SMILES string of the molecule is Cc1c(C(=O)OCCn2ccnc2)oc2c(Br)cc(Cl)cc12. The molecule has 0 bridgehead atoms. The van der Waals surface area contributed by atoms with Crippen LogP contribution in [0.2, 0.25) is 5.02 Å². The fourth-order valence-corrected chi connectivity index (χ4v) is 3.06. The van der Waals surface area contributed by atoms with Crippen molar-refractivity contribution in [2.75, 3.05) is 6.61 Å². The Labute approximate surface area is 140 Å². The molecule has 2 aromatic heterocycles. The van der Waals surface area contributed by atoms with Crippen molar-refractivity contribution < 1.29 is 13.9 Å². The molecule has 0 atom stereocenters. The van der Waals surface area contributed by atoms with E-state index in [1.807, 2.05) is 4.57 Å². The minimum absolute atomic E-state index is 0.198. The van der Waals surface area contributed by atoms with Crippen molar-refractivity contribution in [3.05, 3.63) is 51.7 Å². The quantitative estimate of drug-likeness (QED) is 0.633. The molecule has 2 heterocycles. The lowest BCUT2D eigenvalue weighted by Crippen LogP contribution is -2.10. The van der Waals surface area contributed by atoms with Gasteiger partial charge in [0.2, 0.25) is 5.76 Å². The fourth-order valence-electron chi connectivity index (χ4n) is 2.17. The Hall–Kier alpha value is -1.79. The van der Waals surface area contributed by atoms with E-state index in [-0.39, 0.29) is 12.4 Å². The molecule has 7 heteroatoms. The zero-order chi connectivity index (χ0) is 15.7. The molecule has 0 N–H and O–H groups in total. The Bertz CT molecular complexity index is 827. The molecular weight excluding hydrogens is 372 g/mol. The van der Waals surface area contributed by atoms with E-state index in [9.17, 15) is 4.79 Å². The summed E-state index contributed by atoms with van der Waals surface area (Å²) in [6.07, 6.45) is 5.14. The summed E-state index contributed by atoms with van der Waals surface area (Å²) in [7, 11) is 0. The van der Waals surface area contributed by atoms with Gasteiger partial charge in [0.05, 0.1) is 17.3 Å². The minimum Gasteiger partial charge on any atom is -0.458 e. The molecule has 0 aliphatic carbocycles. The van der Waals surface area contributed by atoms with Crippen molar-refractivity contribution in [3.8, 4) is 0 Å². The highest BCUT2D eigenvalue weighted by molar-refractivity contribution is 9.10. The third-order valence-corrected chi connectivity index (χ3v) is 4.09. The van der Waals surface area contributed by atoms with Crippen molar-refractivity contribution in [1.82, 2.24) is 9.55 Å². The van der Waals surface area contributed by atoms with E-state index >= 15 is 0 Å². The highest BCUT2D eigenvalue weighted by atomic mass is 79.9. The minimum atomic E-state index is -0.489. The first kappa shape index (κ1) is 15.1. The van der Waals surface area contributed by atoms with Gasteiger partial charge in [0.15, 0.2) is 0 Å². The number of aryl methyl sites for hydroxylation is 1. The molecule has 0 spiro atoms. The van der Waals surface area contributed by atoms with Crippen LogP contribution in [0.5, 0.6) is 0 Å². The van der Waals surface area contributed by atoms with Crippen LogP contribution < -0.4 is 0 Å². The Morgan fingerprint density at radius 1 is 1.50 bits per heavy atom. The number of halogens is 2. The van der Waals surface area contributed by atoms with Crippen molar-refractivity contribution in [1.29, 1.82) is 0 Å². The van der Waals surface area contributed by atoms with Crippen LogP contribution in [-0.4, -0.2) is 22.1 Å². The molecular formula is C15H12BrClN2O3. The molecule has 0 aliphatic heterocycles. The number of hydrogen-bond donors (Lipinski definition) is 0. The molecule has 3 aromatic rings. The van der Waals surface area contributed by atoms with Gasteiger partial charge in [-0.05, 0) is 35.0 Å². The van der Waals surface area contributed by atoms with Crippen LogP contribution in [0.1, 0.15) is 16.1 Å². The zero-order valence-corrected chi connectivity index (χ0v) is 14.0. The number of carbonyl (C=O) groups is 1. The highest BCUT2D eigenvalue weighted by Gasteiger charge is 2.20. The van der Waals surface area contributed by atoms with Gasteiger partial charge in [-0.3, -0.25) is 0 Å². The summed E-state index contributed by atoms with van der Waals surface area (Å²) in [5.41, 5.74) is 1.30. The van der Waals surface area contributed by atoms with Gasteiger partial charge in [0, 0.05) is 28.4 Å². The maximum absolute atomic E-state index is 12.2. The molecule has 114 valence electrons. The lowest BCUT2D eigenvalue weighted by molar-refractivity contribution is 0.0456. The van der Waals surface area contributed by atoms with E-state index < -0.39 is 5.97 Å². The van der Waals surface area contributed by atoms with Crippen LogP contribution in [0.4, 0.5) is 0 Å². The third kappa shape index (κ3) is 2.89. The first-order chi connectivity index (χ1) is 10.6. The number of esters is 1. The van der Waals surface area contributed by atoms with E-state index in [2.05, 4.69) is 20.9 Å². The number of benzene rings is 1. The van der Waals surface area contributed by atoms with Crippen LogP contribution in [0, 0.1) is 6.92 Å². The van der Waals surface area contributed by atoms with Crippen LogP contribution in [0.3, 0.4) is 0 Å². The first-order valence-electron chi connectivity index (χ1n) is 6.57. The number of ether oxygens (including phenoxy) is 1. The lowest BCUT2D eigenvalue weighted by Gasteiger charge is -2.04. The van der Waals surface area contributed by atoms with Gasteiger partial charge in [0.1, 0.15) is 12.2 Å².